The summed E-state index contributed by atoms with van der Waals surface area (Å²) in [5, 5.41) is 3.13. The van der Waals surface area contributed by atoms with Gasteiger partial charge in [0, 0.05) is 28.4 Å². The fourth-order valence-corrected chi connectivity index (χ4v) is 2.77. The Bertz CT molecular complexity index is 529. The maximum atomic E-state index is 13.4. The highest BCUT2D eigenvalue weighted by Gasteiger charge is 2.07. The number of hydrogen-bond acceptors (Lipinski definition) is 2. The third-order valence-electron chi connectivity index (χ3n) is 2.86. The monoisotopic (exact) mass is 267 g/mol. The molecular weight excluding hydrogens is 252 g/mol. The molecular formula is C14H15F2NS. The summed E-state index contributed by atoms with van der Waals surface area (Å²) >= 11 is 1.73. The summed E-state index contributed by atoms with van der Waals surface area (Å²) in [6.45, 7) is 5.16. The zero-order valence-electron chi connectivity index (χ0n) is 10.4. The van der Waals surface area contributed by atoms with E-state index in [4.69, 9.17) is 0 Å². The Morgan fingerprint density at radius 1 is 1.17 bits per heavy atom. The van der Waals surface area contributed by atoms with Crippen molar-refractivity contribution in [2.45, 2.75) is 26.9 Å². The Morgan fingerprint density at radius 2 is 1.94 bits per heavy atom. The van der Waals surface area contributed by atoms with Crippen LogP contribution in [-0.4, -0.2) is 0 Å². The Morgan fingerprint density at radius 3 is 2.61 bits per heavy atom. The van der Waals surface area contributed by atoms with E-state index in [0.29, 0.717) is 18.7 Å². The van der Waals surface area contributed by atoms with Crippen molar-refractivity contribution in [2.75, 3.05) is 0 Å². The predicted octanol–water partition coefficient (Wildman–Crippen LogP) is 3.93. The Labute approximate surface area is 109 Å². The Kier molecular flexibility index (Phi) is 4.09. The Hall–Kier alpha value is -1.26. The van der Waals surface area contributed by atoms with E-state index in [1.54, 1.807) is 17.4 Å². The third-order valence-corrected chi connectivity index (χ3v) is 4.02. The van der Waals surface area contributed by atoms with Crippen LogP contribution >= 0.6 is 11.3 Å². The number of hydrogen-bond donors (Lipinski definition) is 1. The van der Waals surface area contributed by atoms with E-state index in [1.807, 2.05) is 0 Å². The summed E-state index contributed by atoms with van der Waals surface area (Å²) in [4.78, 5) is 2.51. The third kappa shape index (κ3) is 2.94. The molecule has 0 fully saturated rings. The van der Waals surface area contributed by atoms with Gasteiger partial charge in [0.2, 0.25) is 0 Å². The molecule has 0 unspecified atom stereocenters. The van der Waals surface area contributed by atoms with Crippen molar-refractivity contribution in [2.24, 2.45) is 0 Å². The SMILES string of the molecule is Cc1cc(CNCc2cccc(F)c2F)sc1C. The van der Waals surface area contributed by atoms with Crippen molar-refractivity contribution in [1.29, 1.82) is 0 Å². The Balaban J connectivity index is 1.94. The summed E-state index contributed by atoms with van der Waals surface area (Å²) < 4.78 is 26.4. The van der Waals surface area contributed by atoms with Crippen LogP contribution in [0.2, 0.25) is 0 Å². The van der Waals surface area contributed by atoms with Gasteiger partial charge in [-0.2, -0.15) is 0 Å². The first-order valence-corrected chi connectivity index (χ1v) is 6.59. The van der Waals surface area contributed by atoms with Gasteiger partial charge < -0.3 is 5.32 Å². The second-order valence-electron chi connectivity index (χ2n) is 4.27. The first kappa shape index (κ1) is 13.2. The van der Waals surface area contributed by atoms with E-state index in [-0.39, 0.29) is 0 Å². The molecule has 18 heavy (non-hydrogen) atoms. The van der Waals surface area contributed by atoms with E-state index in [9.17, 15) is 8.78 Å². The van der Waals surface area contributed by atoms with Gasteiger partial charge in [-0.15, -0.1) is 11.3 Å². The lowest BCUT2D eigenvalue weighted by Gasteiger charge is -2.05. The number of benzene rings is 1. The van der Waals surface area contributed by atoms with Crippen LogP contribution in [-0.2, 0) is 13.1 Å². The van der Waals surface area contributed by atoms with E-state index < -0.39 is 11.6 Å². The van der Waals surface area contributed by atoms with Gasteiger partial charge in [-0.1, -0.05) is 12.1 Å². The van der Waals surface area contributed by atoms with E-state index >= 15 is 0 Å². The van der Waals surface area contributed by atoms with Crippen LogP contribution in [0.1, 0.15) is 20.9 Å². The molecule has 0 aliphatic rings. The van der Waals surface area contributed by atoms with Gasteiger partial charge in [0.05, 0.1) is 0 Å². The van der Waals surface area contributed by atoms with Gasteiger partial charge in [0.15, 0.2) is 11.6 Å². The molecule has 0 saturated heterocycles. The molecule has 1 N–H and O–H groups in total. The topological polar surface area (TPSA) is 12.0 Å². The van der Waals surface area contributed by atoms with Gasteiger partial charge >= 0.3 is 0 Å². The zero-order chi connectivity index (χ0) is 13.1. The van der Waals surface area contributed by atoms with Gasteiger partial charge in [0.25, 0.3) is 0 Å². The number of rotatable bonds is 4. The van der Waals surface area contributed by atoms with Gasteiger partial charge in [-0.3, -0.25) is 0 Å². The minimum atomic E-state index is -0.794. The van der Waals surface area contributed by atoms with Crippen molar-refractivity contribution in [1.82, 2.24) is 5.32 Å². The molecule has 0 saturated carbocycles. The molecule has 2 aromatic rings. The van der Waals surface area contributed by atoms with Crippen LogP contribution in [0.25, 0.3) is 0 Å². The number of halogens is 2. The lowest BCUT2D eigenvalue weighted by Crippen LogP contribution is -2.13. The molecule has 96 valence electrons. The van der Waals surface area contributed by atoms with Gasteiger partial charge in [0.1, 0.15) is 0 Å². The molecule has 0 radical (unpaired) electrons. The van der Waals surface area contributed by atoms with E-state index in [1.165, 1.54) is 21.4 Å². The maximum absolute atomic E-state index is 13.4. The van der Waals surface area contributed by atoms with Crippen molar-refractivity contribution in [3.05, 3.63) is 56.8 Å². The summed E-state index contributed by atoms with van der Waals surface area (Å²) in [7, 11) is 0. The molecule has 4 heteroatoms. The van der Waals surface area contributed by atoms with Crippen LogP contribution in [0.5, 0.6) is 0 Å². The average molecular weight is 267 g/mol. The summed E-state index contributed by atoms with van der Waals surface area (Å²) in [5.41, 5.74) is 1.63. The highest BCUT2D eigenvalue weighted by Crippen LogP contribution is 2.20. The molecule has 0 amide bonds. The zero-order valence-corrected chi connectivity index (χ0v) is 11.2. The van der Waals surface area contributed by atoms with E-state index in [0.717, 1.165) is 6.07 Å². The molecule has 0 bridgehead atoms. The molecule has 1 aromatic carbocycles. The largest absolute Gasteiger partial charge is 0.308 e. The normalized spacial score (nSPS) is 10.9. The highest BCUT2D eigenvalue weighted by molar-refractivity contribution is 7.12. The first-order valence-electron chi connectivity index (χ1n) is 5.77. The molecule has 1 heterocycles. The van der Waals surface area contributed by atoms with Crippen molar-refractivity contribution >= 4 is 11.3 Å². The van der Waals surface area contributed by atoms with Gasteiger partial charge in [-0.05, 0) is 31.5 Å². The molecule has 0 aliphatic heterocycles. The summed E-state index contributed by atoms with van der Waals surface area (Å²) in [6, 6.07) is 6.37. The van der Waals surface area contributed by atoms with Crippen molar-refractivity contribution < 1.29 is 8.78 Å². The maximum Gasteiger partial charge on any atom is 0.163 e. The molecule has 0 aliphatic carbocycles. The number of thiophene rings is 1. The minimum Gasteiger partial charge on any atom is -0.308 e. The summed E-state index contributed by atoms with van der Waals surface area (Å²) in [5.74, 6) is -1.55. The van der Waals surface area contributed by atoms with Crippen molar-refractivity contribution in [3.63, 3.8) is 0 Å². The van der Waals surface area contributed by atoms with Crippen LogP contribution < -0.4 is 5.32 Å². The lowest BCUT2D eigenvalue weighted by atomic mass is 10.2. The molecule has 1 aromatic heterocycles. The minimum absolute atomic E-state index is 0.333. The molecule has 0 atom stereocenters. The number of nitrogens with one attached hydrogen (secondary N) is 1. The fourth-order valence-electron chi connectivity index (χ4n) is 1.74. The first-order chi connectivity index (χ1) is 8.58. The fraction of sp³-hybridized carbons (Fsp3) is 0.286. The van der Waals surface area contributed by atoms with Crippen LogP contribution in [0.4, 0.5) is 8.78 Å². The van der Waals surface area contributed by atoms with Crippen LogP contribution in [0.3, 0.4) is 0 Å². The van der Waals surface area contributed by atoms with Crippen LogP contribution in [0.15, 0.2) is 24.3 Å². The molecule has 2 rings (SSSR count). The van der Waals surface area contributed by atoms with Gasteiger partial charge in [-0.25, -0.2) is 8.78 Å². The quantitative estimate of drug-likeness (QED) is 0.885. The number of aryl methyl sites for hydroxylation is 2. The standard InChI is InChI=1S/C14H15F2NS/c1-9-6-12(18-10(9)2)8-17-7-11-4-3-5-13(15)14(11)16/h3-6,17H,7-8H2,1-2H3. The van der Waals surface area contributed by atoms with E-state index in [2.05, 4.69) is 25.2 Å². The highest BCUT2D eigenvalue weighted by atomic mass is 32.1. The lowest BCUT2D eigenvalue weighted by molar-refractivity contribution is 0.493. The van der Waals surface area contributed by atoms with Crippen LogP contribution in [0, 0.1) is 25.5 Å². The predicted molar refractivity (Wildman–Crippen MR) is 70.7 cm³/mol. The molecule has 1 nitrogen and oxygen atoms in total. The van der Waals surface area contributed by atoms with Crippen molar-refractivity contribution in [3.8, 4) is 0 Å². The summed E-state index contributed by atoms with van der Waals surface area (Å²) in [6.07, 6.45) is 0. The average Bonchev–Trinajstić information content (AvgIpc) is 2.64. The second kappa shape index (κ2) is 5.59. The second-order valence-corrected chi connectivity index (χ2v) is 5.61. The smallest absolute Gasteiger partial charge is 0.163 e. The molecule has 0 spiro atoms.